The summed E-state index contributed by atoms with van der Waals surface area (Å²) in [6, 6.07) is 46.0. The number of nitrogens with zero attached hydrogens (tertiary/aromatic N) is 5. The Morgan fingerprint density at radius 2 is 0.825 bits per heavy atom. The maximum atomic E-state index is 14.5. The van der Waals surface area contributed by atoms with Crippen LogP contribution in [0.1, 0.15) is 164 Å². The van der Waals surface area contributed by atoms with Crippen LogP contribution in [-0.4, -0.2) is 69.1 Å². The fourth-order valence-corrected chi connectivity index (χ4v) is 17.7. The van der Waals surface area contributed by atoms with Gasteiger partial charge in [0.25, 0.3) is 6.47 Å². The van der Waals surface area contributed by atoms with Crippen molar-refractivity contribution in [3.63, 3.8) is 0 Å². The molecule has 644 valence electrons. The largest absolute Gasteiger partial charge is 0.489 e. The molecule has 3 aliphatic heterocycles. The molecule has 9 aromatic carbocycles. The average molecular weight is 1830 g/mol. The van der Waals surface area contributed by atoms with Crippen LogP contribution in [0, 0.1) is 31.3 Å². The van der Waals surface area contributed by atoms with E-state index >= 15 is 0 Å². The Balaban J connectivity index is 0.000000134. The number of benzene rings is 9. The second-order valence-electron chi connectivity index (χ2n) is 31.5. The Bertz CT molecular complexity index is 6290. The normalized spacial score (nSPS) is 15.9. The lowest BCUT2D eigenvalue weighted by Gasteiger charge is -2.19. The third-order valence-electron chi connectivity index (χ3n) is 23.4. The number of halogens is 9. The Hall–Kier alpha value is -11.8. The third-order valence-corrected chi connectivity index (χ3v) is 25.3. The molecule has 33 heteroatoms. The molecule has 6 fully saturated rings. The summed E-state index contributed by atoms with van der Waals surface area (Å²) < 4.78 is 82.2. The number of ether oxygens (including phenoxy) is 4. The number of carbonyl (C=O) groups is 4. The van der Waals surface area contributed by atoms with Crippen LogP contribution in [0.3, 0.4) is 0 Å². The van der Waals surface area contributed by atoms with Gasteiger partial charge < -0.3 is 47.9 Å². The molecule has 9 aliphatic rings. The fourth-order valence-electron chi connectivity index (χ4n) is 16.0. The first-order valence-corrected chi connectivity index (χ1v) is 41.9. The van der Waals surface area contributed by atoms with Crippen molar-refractivity contribution in [2.45, 2.75) is 152 Å². The van der Waals surface area contributed by atoms with Crippen molar-refractivity contribution in [1.29, 1.82) is 0 Å². The van der Waals surface area contributed by atoms with Crippen molar-refractivity contribution in [2.75, 3.05) is 15.1 Å². The molecule has 0 atom stereocenters. The smallest absolute Gasteiger partial charge is 0.488 e. The first kappa shape index (κ1) is 89.0. The highest BCUT2D eigenvalue weighted by Crippen LogP contribution is 2.62. The van der Waals surface area contributed by atoms with Crippen LogP contribution < -0.4 is 39.5 Å². The van der Waals surface area contributed by atoms with E-state index in [2.05, 4.69) is 25.5 Å². The lowest BCUT2D eigenvalue weighted by molar-refractivity contribution is -0.193. The van der Waals surface area contributed by atoms with Crippen LogP contribution in [0.5, 0.6) is 23.0 Å². The minimum atomic E-state index is -1.59. The minimum absolute atomic E-state index is 0. The quantitative estimate of drug-likeness (QED) is 0.0471. The molecule has 0 saturated heterocycles. The summed E-state index contributed by atoms with van der Waals surface area (Å²) in [5.41, 5.74) is 11.8. The van der Waals surface area contributed by atoms with Crippen molar-refractivity contribution in [2.24, 2.45) is 0 Å². The molecule has 126 heavy (non-hydrogen) atoms. The first-order valence-electron chi connectivity index (χ1n) is 39.7. The third kappa shape index (κ3) is 17.5. The first-order chi connectivity index (χ1) is 60.3. The highest BCUT2D eigenvalue weighted by atomic mass is 35.5. The molecule has 6 aliphatic carbocycles. The number of fused-ring (bicyclic) bond motifs is 6. The number of aryl methyl sites for hydroxylation is 2. The van der Waals surface area contributed by atoms with Crippen molar-refractivity contribution in [3.8, 4) is 56.8 Å². The number of rotatable bonds is 20. The zero-order valence-corrected chi connectivity index (χ0v) is 70.8. The van der Waals surface area contributed by atoms with Crippen LogP contribution in [0.15, 0.2) is 177 Å². The molecule has 6 saturated carbocycles. The molecule has 6 heterocycles. The predicted octanol–water partition coefficient (Wildman–Crippen LogP) is 21.1. The number of carbonyl (C=O) groups excluding carboxylic acids is 8. The second-order valence-corrected chi connectivity index (χ2v) is 33.9. The van der Waals surface area contributed by atoms with E-state index in [1.165, 1.54) is 35.2 Å². The van der Waals surface area contributed by atoms with Gasteiger partial charge in [0, 0.05) is 46.2 Å². The van der Waals surface area contributed by atoms with Crippen LogP contribution in [0.25, 0.3) is 33.8 Å². The highest BCUT2D eigenvalue weighted by molar-refractivity contribution is 6.58. The monoisotopic (exact) mass is 1820 g/mol. The Kier molecular flexibility index (Phi) is 25.9. The van der Waals surface area contributed by atoms with E-state index in [0.717, 1.165) is 138 Å². The summed E-state index contributed by atoms with van der Waals surface area (Å²) in [7, 11) is -1.59. The fraction of sp³-hybridized carbons (Fsp3) is 0.258. The van der Waals surface area contributed by atoms with Gasteiger partial charge in [0.05, 0.1) is 85.8 Å². The van der Waals surface area contributed by atoms with Gasteiger partial charge in [-0.1, -0.05) is 129 Å². The molecule has 0 radical (unpaired) electrons. The van der Waals surface area contributed by atoms with Crippen LogP contribution in [0.4, 0.5) is 41.6 Å². The maximum absolute atomic E-state index is 14.5. The van der Waals surface area contributed by atoms with E-state index in [1.54, 1.807) is 97.6 Å². The molecule has 23 nitrogen and oxygen atoms in total. The van der Waals surface area contributed by atoms with E-state index in [4.69, 9.17) is 127 Å². The number of amides is 3. The topological polar surface area (TPSA) is 311 Å². The predicted molar refractivity (Wildman–Crippen MR) is 462 cm³/mol. The Morgan fingerprint density at radius 3 is 1.17 bits per heavy atom. The van der Waals surface area contributed by atoms with Gasteiger partial charge in [0.1, 0.15) is 83.1 Å². The molecule has 3 amide bonds. The summed E-state index contributed by atoms with van der Waals surface area (Å²) in [6.45, 7) is 4.18. The van der Waals surface area contributed by atoms with Crippen LogP contribution in [-0.2, 0) is 74.4 Å². The van der Waals surface area contributed by atoms with Gasteiger partial charge in [0.15, 0.2) is 11.6 Å². The zero-order chi connectivity index (χ0) is 88.1. The maximum Gasteiger partial charge on any atom is 0.488 e. The molecule has 3 N–H and O–H groups in total. The van der Waals surface area contributed by atoms with Crippen molar-refractivity contribution in [1.82, 2.24) is 15.5 Å². The number of nitrogens with one attached hydrogen (secondary N) is 1. The van der Waals surface area contributed by atoms with Crippen molar-refractivity contribution >= 4 is 147 Å². The number of anilines is 5. The van der Waals surface area contributed by atoms with E-state index in [-0.39, 0.29) is 85.5 Å². The van der Waals surface area contributed by atoms with Crippen molar-refractivity contribution < 1.29 is 94.1 Å². The lowest BCUT2D eigenvalue weighted by atomic mass is 9.80. The van der Waals surface area contributed by atoms with Gasteiger partial charge in [-0.2, -0.15) is 19.2 Å². The summed E-state index contributed by atoms with van der Waals surface area (Å²) in [6.07, 6.45) is 11.5. The summed E-state index contributed by atoms with van der Waals surface area (Å²) in [5, 5.41) is 36.2. The van der Waals surface area contributed by atoms with Gasteiger partial charge in [-0.05, 0) is 246 Å². The van der Waals surface area contributed by atoms with E-state index < -0.39 is 29.6 Å². The molecule has 0 unspecified atom stereocenters. The number of hydrogen-bond acceptors (Lipinski definition) is 20. The molecule has 3 aromatic heterocycles. The van der Waals surface area contributed by atoms with Gasteiger partial charge in [-0.25, -0.2) is 13.2 Å². The molecule has 12 aromatic rings. The van der Waals surface area contributed by atoms with Crippen LogP contribution in [0.2, 0.25) is 30.1 Å². The minimum Gasteiger partial charge on any atom is -0.489 e. The second kappa shape index (κ2) is 36.6. The van der Waals surface area contributed by atoms with E-state index in [9.17, 15) is 32.3 Å². The van der Waals surface area contributed by atoms with Gasteiger partial charge >= 0.3 is 19.4 Å². The molecule has 3 spiro atoms. The zero-order valence-electron chi connectivity index (χ0n) is 66.2. The Labute approximate surface area is 748 Å². The van der Waals surface area contributed by atoms with Crippen LogP contribution >= 0.6 is 69.6 Å². The van der Waals surface area contributed by atoms with E-state index in [0.29, 0.717) is 135 Å². The number of aromatic nitrogens is 3. The standard InChI is InChI=1S/C30H21Cl2FN2O5.C30H23Cl2FN2O3.C23H18Cl2N2O3.C7H8BFO2.2CO2.CH4/c31-21-2-1-3-22(32)26(21)27-19(28(40-34-27)16-4-5-16)14-38-18-7-8-24-20(13-18)30(10-11-30)29(37)35(24)17-6-9-25(39-15-36)23(33)12-17;1-16-5-8-18(13-24(16)33)35-25-10-9-19(14-21(25)30(11-12-30)29(35)36)37-15-20-27(34-38-28(20)17-6-7-17)26-22(31)3-2-4-23(26)32;24-16-2-1-3-17(25)19(16)20-14(21(30-27-20)12-4-5-12)11-29-13-6-7-18-15(10-13)23(8-9-23)22(28)26-18;1-5-2-3-6(8(10)11)4-7(5)9;2*2-1-3;/h1-3,6-9,12-13,15-16H,4-5,10-11,14H2;2-5,8-10,13-14,17H,6-7,11-12,15H2,1H3;1-3,6-7,10,12H,4-5,8-9,11H2,(H,26,28);2-4,10-11H,1H3;;;1H4. The number of hydrogen-bond donors (Lipinski definition) is 3. The molecule has 21 rings (SSSR count). The van der Waals surface area contributed by atoms with E-state index in [1.807, 2.05) is 48.5 Å². The average Bonchev–Trinajstić information content (AvgIpc) is 1.54. The molecule has 0 bridgehead atoms. The Morgan fingerprint density at radius 1 is 0.476 bits per heavy atom. The summed E-state index contributed by atoms with van der Waals surface area (Å²) >= 11 is 38.8. The lowest BCUT2D eigenvalue weighted by Crippen LogP contribution is -2.30. The van der Waals surface area contributed by atoms with Gasteiger partial charge in [-0.3, -0.25) is 29.0 Å². The summed E-state index contributed by atoms with van der Waals surface area (Å²) in [4.78, 5) is 85.6. The highest BCUT2D eigenvalue weighted by Gasteiger charge is 2.61. The molecular formula is C93H74BCl6F3N6O17. The van der Waals surface area contributed by atoms with Gasteiger partial charge in [-0.15, -0.1) is 0 Å². The SMILES string of the molecule is C.Cc1ccc(B(O)O)cc1F.Cc1ccc(N2C(=O)C3(CC3)c3cc(OCc4c(-c5c(Cl)cccc5Cl)noc4C4CC4)ccc32)cc1F.O=C1Nc2ccc(OCc3c(-c4c(Cl)cccc4Cl)noc3C3CC3)cc2C12CC2.O=C=O.O=C=O.O=COc1ccc(N2C(=O)C3(CC3)c3cc(OCc4c(-c5c(Cl)cccc5Cl)noc4C4CC4)ccc32)cc1F. The van der Waals surface area contributed by atoms with Crippen molar-refractivity contribution in [3.05, 3.63) is 273 Å². The summed E-state index contributed by atoms with van der Waals surface area (Å²) in [5.74, 6) is 3.60. The molecular weight excluding hydrogens is 1750 g/mol. The van der Waals surface area contributed by atoms with Gasteiger partial charge in [0.2, 0.25) is 17.7 Å².